The minimum atomic E-state index is -1.13. The minimum Gasteiger partial charge on any atom is -0.544 e. The van der Waals surface area contributed by atoms with Gasteiger partial charge in [-0.15, -0.1) is 0 Å². The smallest absolute Gasteiger partial charge is 0.306 e. The van der Waals surface area contributed by atoms with Crippen molar-refractivity contribution >= 4 is 17.9 Å². The Kier molecular flexibility index (Phi) is 36.2. The van der Waals surface area contributed by atoms with Gasteiger partial charge >= 0.3 is 11.9 Å². The Balaban J connectivity index is 4.37. The summed E-state index contributed by atoms with van der Waals surface area (Å²) in [4.78, 5) is 36.8. The summed E-state index contributed by atoms with van der Waals surface area (Å²) in [7, 11) is 5.40. The van der Waals surface area contributed by atoms with E-state index in [1.54, 1.807) is 21.1 Å². The molecule has 0 aliphatic heterocycles. The number of nitrogens with zero attached hydrogens (tertiary/aromatic N) is 1. The maximum Gasteiger partial charge on any atom is 0.306 e. The van der Waals surface area contributed by atoms with E-state index in [2.05, 4.69) is 38.2 Å². The highest BCUT2D eigenvalue weighted by atomic mass is 16.6. The summed E-state index contributed by atoms with van der Waals surface area (Å²) < 4.78 is 17.1. The second kappa shape index (κ2) is 37.7. The number of likely N-dealkylation sites (N-methyl/N-ethyl adjacent to an activating group) is 1. The highest BCUT2D eigenvalue weighted by Gasteiger charge is 2.25. The monoisotopic (exact) mass is 764 g/mol. The molecule has 0 N–H and O–H groups in total. The number of carboxylic acids is 1. The second-order valence-electron chi connectivity index (χ2n) is 16.3. The summed E-state index contributed by atoms with van der Waals surface area (Å²) in [5.74, 6) is -1.76. The van der Waals surface area contributed by atoms with Gasteiger partial charge in [0.2, 0.25) is 0 Å². The Morgan fingerprint density at radius 1 is 0.537 bits per heavy atom. The number of carboxylic acid groups (broad SMARTS) is 1. The first-order chi connectivity index (χ1) is 26.1. The zero-order valence-corrected chi connectivity index (χ0v) is 35.9. The zero-order chi connectivity index (χ0) is 40.0. The summed E-state index contributed by atoms with van der Waals surface area (Å²) >= 11 is 0. The lowest BCUT2D eigenvalue weighted by Crippen LogP contribution is -2.55. The summed E-state index contributed by atoms with van der Waals surface area (Å²) in [6.45, 7) is 4.64. The van der Waals surface area contributed by atoms with Crippen LogP contribution in [0.1, 0.15) is 200 Å². The number of rotatable bonds is 40. The van der Waals surface area contributed by atoms with Crippen LogP contribution in [0, 0.1) is 0 Å². The fourth-order valence-corrected chi connectivity index (χ4v) is 6.53. The number of allylic oxidation sites excluding steroid dienone is 4. The van der Waals surface area contributed by atoms with Gasteiger partial charge < -0.3 is 28.6 Å². The average molecular weight is 764 g/mol. The van der Waals surface area contributed by atoms with Crippen molar-refractivity contribution in [3.63, 3.8) is 0 Å². The topological polar surface area (TPSA) is 102 Å². The first-order valence-electron chi connectivity index (χ1n) is 22.4. The lowest BCUT2D eigenvalue weighted by atomic mass is 10.1. The van der Waals surface area contributed by atoms with Crippen molar-refractivity contribution in [2.45, 2.75) is 212 Å². The van der Waals surface area contributed by atoms with Crippen LogP contribution in [0.4, 0.5) is 0 Å². The van der Waals surface area contributed by atoms with Crippen molar-refractivity contribution in [2.75, 3.05) is 41.0 Å². The number of carbonyl (C=O) groups excluding carboxylic acids is 3. The quantitative estimate of drug-likeness (QED) is 0.0265. The molecule has 2 unspecified atom stereocenters. The molecule has 8 nitrogen and oxygen atoms in total. The van der Waals surface area contributed by atoms with E-state index in [1.165, 1.54) is 103 Å². The van der Waals surface area contributed by atoms with E-state index in [-0.39, 0.29) is 42.7 Å². The van der Waals surface area contributed by atoms with Crippen LogP contribution in [0.3, 0.4) is 0 Å². The molecule has 0 aromatic heterocycles. The number of esters is 2. The SMILES string of the molecule is CCCCCCCCC/C=C/CCCCCCCC(=O)OC(COCCC(C(=O)[O-])[N+](C)(C)C)COC(=O)CCCCC/C=C/CCCCCCCCC. The van der Waals surface area contributed by atoms with E-state index < -0.39 is 18.1 Å². The molecule has 0 aromatic rings. The third-order valence-corrected chi connectivity index (χ3v) is 10.1. The van der Waals surface area contributed by atoms with Gasteiger partial charge in [-0.05, 0) is 64.2 Å². The molecular formula is C46H85NO7. The normalized spacial score (nSPS) is 13.1. The van der Waals surface area contributed by atoms with Gasteiger partial charge in [-0.1, -0.05) is 141 Å². The van der Waals surface area contributed by atoms with Crippen LogP contribution in [0.15, 0.2) is 24.3 Å². The molecule has 0 bridgehead atoms. The van der Waals surface area contributed by atoms with Crippen molar-refractivity contribution in [3.8, 4) is 0 Å². The number of unbranched alkanes of at least 4 members (excludes halogenated alkanes) is 22. The molecule has 0 saturated heterocycles. The molecule has 316 valence electrons. The van der Waals surface area contributed by atoms with Gasteiger partial charge in [0.05, 0.1) is 40.3 Å². The highest BCUT2D eigenvalue weighted by Crippen LogP contribution is 2.14. The fraction of sp³-hybridized carbons (Fsp3) is 0.848. The predicted molar refractivity (Wildman–Crippen MR) is 222 cm³/mol. The van der Waals surface area contributed by atoms with E-state index in [0.717, 1.165) is 64.2 Å². The number of hydrogen-bond donors (Lipinski definition) is 0. The van der Waals surface area contributed by atoms with E-state index in [4.69, 9.17) is 14.2 Å². The van der Waals surface area contributed by atoms with Gasteiger partial charge in [0.1, 0.15) is 12.6 Å². The van der Waals surface area contributed by atoms with Crippen LogP contribution in [-0.4, -0.2) is 75.5 Å². The molecular weight excluding hydrogens is 679 g/mol. The van der Waals surface area contributed by atoms with E-state index in [9.17, 15) is 19.5 Å². The molecule has 0 aliphatic carbocycles. The predicted octanol–water partition coefficient (Wildman–Crippen LogP) is 10.7. The number of quaternary nitrogens is 1. The third-order valence-electron chi connectivity index (χ3n) is 10.1. The van der Waals surface area contributed by atoms with Crippen molar-refractivity contribution in [2.24, 2.45) is 0 Å². The Labute approximate surface area is 332 Å². The Hall–Kier alpha value is -2.19. The molecule has 54 heavy (non-hydrogen) atoms. The molecule has 0 fully saturated rings. The lowest BCUT2D eigenvalue weighted by molar-refractivity contribution is -0.889. The molecule has 0 heterocycles. The van der Waals surface area contributed by atoms with Crippen LogP contribution < -0.4 is 5.11 Å². The largest absolute Gasteiger partial charge is 0.544 e. The number of hydrogen-bond acceptors (Lipinski definition) is 7. The molecule has 0 spiro atoms. The van der Waals surface area contributed by atoms with Crippen LogP contribution in [0.5, 0.6) is 0 Å². The maximum atomic E-state index is 12.7. The summed E-state index contributed by atoms with van der Waals surface area (Å²) in [6.07, 6.45) is 40.5. The Morgan fingerprint density at radius 2 is 0.926 bits per heavy atom. The molecule has 0 amide bonds. The van der Waals surface area contributed by atoms with Gasteiger partial charge in [-0.3, -0.25) is 9.59 Å². The van der Waals surface area contributed by atoms with E-state index in [1.807, 2.05) is 0 Å². The standard InChI is InChI=1S/C46H85NO7/c1-6-8-10-12-14-16-18-20-22-23-25-27-29-31-33-35-37-45(49)54-42(40-52-39-38-43(46(50)51)47(3,4)5)41-53-44(48)36-34-32-30-28-26-24-21-19-17-15-13-11-9-7-2/h22-24,26,42-43H,6-21,25,27-41H2,1-5H3/b23-22+,26-24+. The fourth-order valence-electron chi connectivity index (χ4n) is 6.53. The number of carbonyl (C=O) groups is 3. The van der Waals surface area contributed by atoms with Gasteiger partial charge in [-0.25, -0.2) is 0 Å². The van der Waals surface area contributed by atoms with Crippen LogP contribution in [0.2, 0.25) is 0 Å². The summed E-state index contributed by atoms with van der Waals surface area (Å²) in [5.41, 5.74) is 0. The number of aliphatic carboxylic acids is 1. The molecule has 0 aliphatic rings. The van der Waals surface area contributed by atoms with Crippen LogP contribution in [0.25, 0.3) is 0 Å². The first kappa shape index (κ1) is 51.8. The van der Waals surface area contributed by atoms with Crippen molar-refractivity contribution in [1.29, 1.82) is 0 Å². The zero-order valence-electron chi connectivity index (χ0n) is 35.9. The summed E-state index contributed by atoms with van der Waals surface area (Å²) in [6, 6.07) is -0.727. The molecule has 2 atom stereocenters. The van der Waals surface area contributed by atoms with E-state index >= 15 is 0 Å². The van der Waals surface area contributed by atoms with Gasteiger partial charge in [-0.2, -0.15) is 0 Å². The van der Waals surface area contributed by atoms with Crippen LogP contribution >= 0.6 is 0 Å². The minimum absolute atomic E-state index is 0.0353. The van der Waals surface area contributed by atoms with Gasteiger partial charge in [0.15, 0.2) is 6.10 Å². The third kappa shape index (κ3) is 35.5. The van der Waals surface area contributed by atoms with Crippen molar-refractivity contribution in [3.05, 3.63) is 24.3 Å². The van der Waals surface area contributed by atoms with Gasteiger partial charge in [0, 0.05) is 19.3 Å². The van der Waals surface area contributed by atoms with Gasteiger partial charge in [0.25, 0.3) is 0 Å². The Bertz CT molecular complexity index is 942. The van der Waals surface area contributed by atoms with E-state index in [0.29, 0.717) is 12.8 Å². The second-order valence-corrected chi connectivity index (χ2v) is 16.3. The molecule has 0 rings (SSSR count). The molecule has 0 saturated carbocycles. The van der Waals surface area contributed by atoms with Crippen molar-refractivity contribution < 1.29 is 38.2 Å². The summed E-state index contributed by atoms with van der Waals surface area (Å²) in [5, 5.41) is 11.6. The maximum absolute atomic E-state index is 12.7. The first-order valence-corrected chi connectivity index (χ1v) is 22.4. The molecule has 0 radical (unpaired) electrons. The van der Waals surface area contributed by atoms with Crippen molar-refractivity contribution in [1.82, 2.24) is 0 Å². The lowest BCUT2D eigenvalue weighted by Gasteiger charge is -2.34. The van der Waals surface area contributed by atoms with Crippen LogP contribution in [-0.2, 0) is 28.6 Å². The average Bonchev–Trinajstić information content (AvgIpc) is 3.12. The molecule has 0 aromatic carbocycles. The number of ether oxygens (including phenoxy) is 3. The Morgan fingerprint density at radius 3 is 1.35 bits per heavy atom. The molecule has 8 heteroatoms. The highest BCUT2D eigenvalue weighted by molar-refractivity contribution is 5.70.